The molecule has 1 nitrogen and oxygen atoms in total. The molecule has 0 radical (unpaired) electrons. The summed E-state index contributed by atoms with van der Waals surface area (Å²) < 4.78 is 0. The first kappa shape index (κ1) is 24.1. The molecule has 0 unspecified atom stereocenters. The monoisotopic (exact) mass is 507 g/mol. The van der Waals surface area contributed by atoms with Crippen LogP contribution >= 0.6 is 11.8 Å². The van der Waals surface area contributed by atoms with E-state index >= 15 is 0 Å². The second-order valence-electron chi connectivity index (χ2n) is 9.36. The molecule has 0 saturated carbocycles. The van der Waals surface area contributed by atoms with Crippen molar-refractivity contribution >= 4 is 34.9 Å². The van der Waals surface area contributed by atoms with Gasteiger partial charge in [0.15, 0.2) is 0 Å². The molecule has 0 N–H and O–H groups in total. The van der Waals surface area contributed by atoms with E-state index in [2.05, 4.69) is 146 Å². The Labute approximate surface area is 229 Å². The van der Waals surface area contributed by atoms with Crippen LogP contribution in [-0.4, -0.2) is 0 Å². The molecule has 184 valence electrons. The highest BCUT2D eigenvalue weighted by atomic mass is 32.2. The Hall–Kier alpha value is -4.27. The van der Waals surface area contributed by atoms with Gasteiger partial charge in [-0.3, -0.25) is 0 Å². The Bertz CT molecular complexity index is 1730. The van der Waals surface area contributed by atoms with Gasteiger partial charge < -0.3 is 4.90 Å². The SMILES string of the molecule is C=C/C(=c1/cccc/c1=C/C)N(c1ccccc1)c1ccc(-c2cccc3c2Sc2ccccc2C3)cc1. The molecule has 0 spiro atoms. The molecule has 2 heteroatoms. The first-order valence-corrected chi connectivity index (χ1v) is 13.8. The quantitative estimate of drug-likeness (QED) is 0.231. The van der Waals surface area contributed by atoms with Crippen molar-refractivity contribution in [2.45, 2.75) is 23.1 Å². The molecule has 0 aliphatic carbocycles. The number of hydrogen-bond acceptors (Lipinski definition) is 2. The summed E-state index contributed by atoms with van der Waals surface area (Å²) in [6.45, 7) is 6.30. The molecule has 1 aliphatic rings. The fourth-order valence-electron chi connectivity index (χ4n) is 5.23. The fraction of sp³-hybridized carbons (Fsp3) is 0.0556. The third-order valence-electron chi connectivity index (χ3n) is 7.10. The van der Waals surface area contributed by atoms with Crippen molar-refractivity contribution in [3.63, 3.8) is 0 Å². The first-order valence-electron chi connectivity index (χ1n) is 13.0. The van der Waals surface area contributed by atoms with E-state index in [1.165, 1.54) is 37.3 Å². The van der Waals surface area contributed by atoms with Crippen LogP contribution in [0.1, 0.15) is 18.1 Å². The van der Waals surface area contributed by atoms with Gasteiger partial charge in [0.2, 0.25) is 0 Å². The maximum atomic E-state index is 4.22. The Kier molecular flexibility index (Phi) is 6.73. The van der Waals surface area contributed by atoms with Gasteiger partial charge in [-0.05, 0) is 77.2 Å². The largest absolute Gasteiger partial charge is 0.310 e. The molecule has 0 bridgehead atoms. The van der Waals surface area contributed by atoms with E-state index in [4.69, 9.17) is 0 Å². The van der Waals surface area contributed by atoms with Crippen LogP contribution in [0.2, 0.25) is 0 Å². The lowest BCUT2D eigenvalue weighted by molar-refractivity contribution is 1.06. The number of fused-ring (bicyclic) bond motifs is 2. The van der Waals surface area contributed by atoms with Gasteiger partial charge in [0.1, 0.15) is 0 Å². The average Bonchev–Trinajstić information content (AvgIpc) is 2.99. The van der Waals surface area contributed by atoms with Crippen LogP contribution in [-0.2, 0) is 6.42 Å². The summed E-state index contributed by atoms with van der Waals surface area (Å²) in [7, 11) is 0. The molecule has 1 aliphatic heterocycles. The maximum absolute atomic E-state index is 4.22. The molecular formula is C36H29NS. The van der Waals surface area contributed by atoms with E-state index in [0.29, 0.717) is 0 Å². The van der Waals surface area contributed by atoms with Gasteiger partial charge in [0.25, 0.3) is 0 Å². The Morgan fingerprint density at radius 1 is 0.711 bits per heavy atom. The highest BCUT2D eigenvalue weighted by molar-refractivity contribution is 7.99. The van der Waals surface area contributed by atoms with Crippen LogP contribution in [0.5, 0.6) is 0 Å². The number of rotatable bonds is 5. The lowest BCUT2D eigenvalue weighted by atomic mass is 9.98. The fourth-order valence-corrected chi connectivity index (χ4v) is 6.44. The molecule has 38 heavy (non-hydrogen) atoms. The molecule has 1 heterocycles. The summed E-state index contributed by atoms with van der Waals surface area (Å²) in [5.41, 5.74) is 8.59. The predicted molar refractivity (Wildman–Crippen MR) is 163 cm³/mol. The van der Waals surface area contributed by atoms with Crippen LogP contribution in [0.25, 0.3) is 22.9 Å². The Morgan fingerprint density at radius 2 is 1.39 bits per heavy atom. The van der Waals surface area contributed by atoms with Crippen LogP contribution < -0.4 is 15.3 Å². The third-order valence-corrected chi connectivity index (χ3v) is 8.40. The van der Waals surface area contributed by atoms with Crippen molar-refractivity contribution in [2.24, 2.45) is 0 Å². The minimum Gasteiger partial charge on any atom is -0.310 e. The van der Waals surface area contributed by atoms with Crippen molar-refractivity contribution in [1.82, 2.24) is 0 Å². The summed E-state index contributed by atoms with van der Waals surface area (Å²) >= 11 is 1.89. The van der Waals surface area contributed by atoms with Crippen LogP contribution in [0, 0.1) is 0 Å². The summed E-state index contributed by atoms with van der Waals surface area (Å²) in [6, 6.07) is 43.4. The molecule has 0 saturated heterocycles. The third kappa shape index (κ3) is 4.49. The lowest BCUT2D eigenvalue weighted by Crippen LogP contribution is -2.31. The minimum absolute atomic E-state index is 0.984. The second kappa shape index (κ2) is 10.6. The van der Waals surface area contributed by atoms with Crippen molar-refractivity contribution in [3.05, 3.63) is 156 Å². The summed E-state index contributed by atoms with van der Waals surface area (Å²) in [6.07, 6.45) is 5.10. The van der Waals surface area contributed by atoms with Gasteiger partial charge in [-0.25, -0.2) is 0 Å². The molecular weight excluding hydrogens is 478 g/mol. The maximum Gasteiger partial charge on any atom is 0.0534 e. The van der Waals surface area contributed by atoms with Crippen molar-refractivity contribution in [3.8, 4) is 11.1 Å². The summed E-state index contributed by atoms with van der Waals surface area (Å²) in [5, 5.41) is 2.35. The van der Waals surface area contributed by atoms with Crippen LogP contribution in [0.3, 0.4) is 0 Å². The normalized spacial score (nSPS) is 13.3. The van der Waals surface area contributed by atoms with E-state index in [-0.39, 0.29) is 0 Å². The van der Waals surface area contributed by atoms with Gasteiger partial charge in [-0.15, -0.1) is 0 Å². The number of nitrogens with zero attached hydrogens (tertiary/aromatic N) is 1. The Morgan fingerprint density at radius 3 is 2.18 bits per heavy atom. The number of hydrogen-bond donors (Lipinski definition) is 0. The van der Waals surface area contributed by atoms with Crippen molar-refractivity contribution in [2.75, 3.05) is 4.90 Å². The molecule has 0 atom stereocenters. The van der Waals surface area contributed by atoms with Gasteiger partial charge in [-0.2, -0.15) is 0 Å². The smallest absolute Gasteiger partial charge is 0.0534 e. The van der Waals surface area contributed by atoms with E-state index < -0.39 is 0 Å². The van der Waals surface area contributed by atoms with Crippen molar-refractivity contribution in [1.29, 1.82) is 0 Å². The van der Waals surface area contributed by atoms with E-state index in [1.807, 2.05) is 17.8 Å². The highest BCUT2D eigenvalue weighted by Crippen LogP contribution is 2.45. The van der Waals surface area contributed by atoms with Gasteiger partial charge >= 0.3 is 0 Å². The van der Waals surface area contributed by atoms with Gasteiger partial charge in [0, 0.05) is 26.4 Å². The molecule has 6 rings (SSSR count). The van der Waals surface area contributed by atoms with E-state index in [0.717, 1.165) is 28.7 Å². The highest BCUT2D eigenvalue weighted by Gasteiger charge is 2.20. The van der Waals surface area contributed by atoms with E-state index in [1.54, 1.807) is 0 Å². The standard InChI is InChI=1S/C36H29NS/c1-3-26-13-8-10-18-32(26)34(4-2)37(30-16-6-5-7-17-30)31-23-21-27(22-24-31)33-19-12-15-29-25-28-14-9-11-20-35(28)38-36(29)33/h3-24H,2,25H2,1H3/b26-3-,34-32+. The predicted octanol–water partition coefficient (Wildman–Crippen LogP) is 8.34. The average molecular weight is 508 g/mol. The topological polar surface area (TPSA) is 3.24 Å². The van der Waals surface area contributed by atoms with Crippen LogP contribution in [0.4, 0.5) is 11.4 Å². The summed E-state index contributed by atoms with van der Waals surface area (Å²) in [5.74, 6) is 0. The molecule has 0 aromatic heterocycles. The lowest BCUT2D eigenvalue weighted by Gasteiger charge is -2.27. The zero-order valence-electron chi connectivity index (χ0n) is 21.5. The Balaban J connectivity index is 1.46. The van der Waals surface area contributed by atoms with Crippen molar-refractivity contribution < 1.29 is 0 Å². The number of para-hydroxylation sites is 1. The number of anilines is 2. The second-order valence-corrected chi connectivity index (χ2v) is 10.4. The molecule has 5 aromatic rings. The minimum atomic E-state index is 0.984. The van der Waals surface area contributed by atoms with Gasteiger partial charge in [-0.1, -0.05) is 115 Å². The molecule has 0 amide bonds. The zero-order chi connectivity index (χ0) is 25.9. The zero-order valence-corrected chi connectivity index (χ0v) is 22.3. The van der Waals surface area contributed by atoms with Crippen LogP contribution in [0.15, 0.2) is 144 Å². The van der Waals surface area contributed by atoms with Gasteiger partial charge in [0.05, 0.1) is 5.70 Å². The summed E-state index contributed by atoms with van der Waals surface area (Å²) in [4.78, 5) is 5.02. The van der Waals surface area contributed by atoms with E-state index in [9.17, 15) is 0 Å². The molecule has 0 fully saturated rings. The number of benzene rings is 5. The first-order chi connectivity index (χ1) is 18.8. The molecule has 5 aromatic carbocycles.